The summed E-state index contributed by atoms with van der Waals surface area (Å²) in [5.41, 5.74) is 1.02. The zero-order valence-electron chi connectivity index (χ0n) is 10.4. The topological polar surface area (TPSA) is 59.0 Å². The fourth-order valence-electron chi connectivity index (χ4n) is 2.20. The number of amides is 1. The molecule has 0 spiro atoms. The minimum absolute atomic E-state index is 0.124. The van der Waals surface area contributed by atoms with E-state index in [2.05, 4.69) is 22.7 Å². The van der Waals surface area contributed by atoms with E-state index in [1.54, 1.807) is 4.68 Å². The maximum absolute atomic E-state index is 11.9. The molecule has 1 aromatic rings. The molecule has 5 heteroatoms. The molecule has 0 aliphatic carbocycles. The van der Waals surface area contributed by atoms with Crippen molar-refractivity contribution in [2.45, 2.75) is 13.3 Å². The van der Waals surface area contributed by atoms with Crippen LogP contribution in [0.15, 0.2) is 12.3 Å². The van der Waals surface area contributed by atoms with Gasteiger partial charge in [-0.15, -0.1) is 0 Å². The molecule has 94 valence electrons. The molecular weight excluding hydrogens is 216 g/mol. The van der Waals surface area contributed by atoms with Crippen molar-refractivity contribution < 1.29 is 4.79 Å². The highest BCUT2D eigenvalue weighted by Gasteiger charge is 2.28. The number of nitrogens with one attached hydrogen (secondary N) is 2. The number of hydrogen-bond donors (Lipinski definition) is 2. The molecule has 1 aliphatic heterocycles. The van der Waals surface area contributed by atoms with Crippen molar-refractivity contribution >= 4 is 5.91 Å². The van der Waals surface area contributed by atoms with Crippen molar-refractivity contribution in [3.05, 3.63) is 18.0 Å². The Bertz CT molecular complexity index is 388. The number of aryl methyl sites for hydroxylation is 1. The smallest absolute Gasteiger partial charge is 0.224 e. The summed E-state index contributed by atoms with van der Waals surface area (Å²) in [6.07, 6.45) is 2.71. The number of rotatable bonds is 4. The first kappa shape index (κ1) is 12.1. The third-order valence-electron chi connectivity index (χ3n) is 3.30. The van der Waals surface area contributed by atoms with E-state index in [1.165, 1.54) is 0 Å². The monoisotopic (exact) mass is 236 g/mol. The average molecular weight is 236 g/mol. The van der Waals surface area contributed by atoms with E-state index in [1.807, 2.05) is 19.3 Å². The lowest BCUT2D eigenvalue weighted by atomic mass is 9.97. The standard InChI is InChI=1S/C12H20N4O/c1-9-7-13-8-11(9)12(17)14-5-3-10-4-6-16(2)15-10/h4,6,9,11,13H,3,5,7-8H2,1-2H3,(H,14,17). The van der Waals surface area contributed by atoms with Crippen LogP contribution in [0.2, 0.25) is 0 Å². The van der Waals surface area contributed by atoms with Crippen LogP contribution in [-0.4, -0.2) is 35.3 Å². The molecule has 1 fully saturated rings. The molecule has 1 aliphatic rings. The van der Waals surface area contributed by atoms with Gasteiger partial charge in [0, 0.05) is 32.8 Å². The molecule has 5 nitrogen and oxygen atoms in total. The Hall–Kier alpha value is -1.36. The van der Waals surface area contributed by atoms with Crippen LogP contribution in [0.5, 0.6) is 0 Å². The molecule has 1 saturated heterocycles. The Kier molecular flexibility index (Phi) is 3.78. The molecule has 1 amide bonds. The molecule has 2 heterocycles. The molecule has 17 heavy (non-hydrogen) atoms. The van der Waals surface area contributed by atoms with Crippen LogP contribution in [-0.2, 0) is 18.3 Å². The molecule has 0 saturated carbocycles. The summed E-state index contributed by atoms with van der Waals surface area (Å²) >= 11 is 0. The summed E-state index contributed by atoms with van der Waals surface area (Å²) in [5, 5.41) is 10.5. The predicted molar refractivity (Wildman–Crippen MR) is 65.4 cm³/mol. The highest BCUT2D eigenvalue weighted by molar-refractivity contribution is 5.79. The summed E-state index contributed by atoms with van der Waals surface area (Å²) < 4.78 is 1.78. The zero-order chi connectivity index (χ0) is 12.3. The van der Waals surface area contributed by atoms with E-state index in [-0.39, 0.29) is 11.8 Å². The first-order chi connectivity index (χ1) is 8.16. The Morgan fingerprint density at radius 3 is 3.06 bits per heavy atom. The van der Waals surface area contributed by atoms with Crippen LogP contribution in [0, 0.1) is 11.8 Å². The van der Waals surface area contributed by atoms with Crippen molar-refractivity contribution in [3.63, 3.8) is 0 Å². The molecule has 2 N–H and O–H groups in total. The molecule has 0 radical (unpaired) electrons. The van der Waals surface area contributed by atoms with E-state index >= 15 is 0 Å². The average Bonchev–Trinajstić information content (AvgIpc) is 2.87. The van der Waals surface area contributed by atoms with Gasteiger partial charge >= 0.3 is 0 Å². The molecule has 2 unspecified atom stereocenters. The Balaban J connectivity index is 1.73. The lowest BCUT2D eigenvalue weighted by Crippen LogP contribution is -2.35. The number of carbonyl (C=O) groups is 1. The van der Waals surface area contributed by atoms with Gasteiger partial charge in [0.2, 0.25) is 5.91 Å². The first-order valence-electron chi connectivity index (χ1n) is 6.14. The minimum atomic E-state index is 0.124. The lowest BCUT2D eigenvalue weighted by Gasteiger charge is -2.13. The summed E-state index contributed by atoms with van der Waals surface area (Å²) in [5.74, 6) is 0.724. The van der Waals surface area contributed by atoms with Gasteiger partial charge in [-0.05, 0) is 18.5 Å². The van der Waals surface area contributed by atoms with Gasteiger partial charge in [-0.25, -0.2) is 0 Å². The molecule has 2 atom stereocenters. The van der Waals surface area contributed by atoms with Crippen molar-refractivity contribution in [1.29, 1.82) is 0 Å². The predicted octanol–water partition coefficient (Wildman–Crippen LogP) is -0.0657. The van der Waals surface area contributed by atoms with Gasteiger partial charge in [0.15, 0.2) is 0 Å². The van der Waals surface area contributed by atoms with E-state index in [0.29, 0.717) is 12.5 Å². The Morgan fingerprint density at radius 2 is 2.47 bits per heavy atom. The highest BCUT2D eigenvalue weighted by atomic mass is 16.1. The number of aromatic nitrogens is 2. The normalized spacial score (nSPS) is 23.9. The fraction of sp³-hybridized carbons (Fsp3) is 0.667. The van der Waals surface area contributed by atoms with Crippen LogP contribution in [0.3, 0.4) is 0 Å². The van der Waals surface area contributed by atoms with Crippen LogP contribution < -0.4 is 10.6 Å². The summed E-state index contributed by atoms with van der Waals surface area (Å²) in [6.45, 7) is 4.52. The number of hydrogen-bond acceptors (Lipinski definition) is 3. The van der Waals surface area contributed by atoms with E-state index in [4.69, 9.17) is 0 Å². The van der Waals surface area contributed by atoms with Gasteiger partial charge < -0.3 is 10.6 Å². The van der Waals surface area contributed by atoms with Gasteiger partial charge in [-0.1, -0.05) is 6.92 Å². The van der Waals surface area contributed by atoms with E-state index in [0.717, 1.165) is 25.2 Å². The molecule has 0 bridgehead atoms. The van der Waals surface area contributed by atoms with Crippen molar-refractivity contribution in [2.24, 2.45) is 18.9 Å². The Labute approximate surface area is 102 Å². The van der Waals surface area contributed by atoms with Gasteiger partial charge in [0.1, 0.15) is 0 Å². The summed E-state index contributed by atoms with van der Waals surface area (Å²) in [4.78, 5) is 11.9. The fourth-order valence-corrected chi connectivity index (χ4v) is 2.20. The van der Waals surface area contributed by atoms with Crippen molar-refractivity contribution in [1.82, 2.24) is 20.4 Å². The lowest BCUT2D eigenvalue weighted by molar-refractivity contribution is -0.125. The first-order valence-corrected chi connectivity index (χ1v) is 6.14. The van der Waals surface area contributed by atoms with Gasteiger partial charge in [0.25, 0.3) is 0 Å². The SMILES string of the molecule is CC1CNCC1C(=O)NCCc1ccn(C)n1. The van der Waals surface area contributed by atoms with Gasteiger partial charge in [0.05, 0.1) is 11.6 Å². The molecule has 2 rings (SSSR count). The van der Waals surface area contributed by atoms with E-state index in [9.17, 15) is 4.79 Å². The van der Waals surface area contributed by atoms with Crippen LogP contribution >= 0.6 is 0 Å². The maximum atomic E-state index is 11.9. The van der Waals surface area contributed by atoms with Gasteiger partial charge in [-0.2, -0.15) is 5.10 Å². The van der Waals surface area contributed by atoms with E-state index < -0.39 is 0 Å². The van der Waals surface area contributed by atoms with Crippen molar-refractivity contribution in [2.75, 3.05) is 19.6 Å². The maximum Gasteiger partial charge on any atom is 0.224 e. The van der Waals surface area contributed by atoms with Crippen LogP contribution in [0.4, 0.5) is 0 Å². The third kappa shape index (κ3) is 3.06. The molecule has 1 aromatic heterocycles. The quantitative estimate of drug-likeness (QED) is 0.769. The second kappa shape index (κ2) is 5.31. The number of carbonyl (C=O) groups excluding carboxylic acids is 1. The minimum Gasteiger partial charge on any atom is -0.355 e. The Morgan fingerprint density at radius 1 is 1.65 bits per heavy atom. The molecular formula is C12H20N4O. The van der Waals surface area contributed by atoms with Crippen LogP contribution in [0.25, 0.3) is 0 Å². The molecule has 0 aromatic carbocycles. The second-order valence-corrected chi connectivity index (χ2v) is 4.76. The summed E-state index contributed by atoms with van der Waals surface area (Å²) in [7, 11) is 1.90. The summed E-state index contributed by atoms with van der Waals surface area (Å²) in [6, 6.07) is 1.98. The third-order valence-corrected chi connectivity index (χ3v) is 3.30. The van der Waals surface area contributed by atoms with Crippen LogP contribution in [0.1, 0.15) is 12.6 Å². The van der Waals surface area contributed by atoms with Crippen molar-refractivity contribution in [3.8, 4) is 0 Å². The van der Waals surface area contributed by atoms with Gasteiger partial charge in [-0.3, -0.25) is 9.48 Å². The zero-order valence-corrected chi connectivity index (χ0v) is 10.4. The second-order valence-electron chi connectivity index (χ2n) is 4.76. The largest absolute Gasteiger partial charge is 0.355 e. The number of nitrogens with zero attached hydrogens (tertiary/aromatic N) is 2. The highest BCUT2D eigenvalue weighted by Crippen LogP contribution is 2.15.